The Morgan fingerprint density at radius 3 is 2.57 bits per heavy atom. The smallest absolute Gasteiger partial charge is 0.321 e. The van der Waals surface area contributed by atoms with Crippen molar-refractivity contribution in [1.82, 2.24) is 0 Å². The summed E-state index contributed by atoms with van der Waals surface area (Å²) in [6, 6.07) is 6.63. The molecule has 0 amide bonds. The molecular formula is C10H12BrNO2. The Labute approximate surface area is 91.1 Å². The van der Waals surface area contributed by atoms with Crippen molar-refractivity contribution in [3.05, 3.63) is 34.3 Å². The van der Waals surface area contributed by atoms with Crippen LogP contribution in [0.3, 0.4) is 0 Å². The van der Waals surface area contributed by atoms with E-state index in [4.69, 9.17) is 10.8 Å². The molecule has 0 saturated carbocycles. The molecule has 4 heteroatoms. The van der Waals surface area contributed by atoms with Gasteiger partial charge < -0.3 is 10.8 Å². The number of nitrogens with two attached hydrogens (primary N) is 1. The number of carboxylic acid groups (broad SMARTS) is 1. The molecule has 0 saturated heterocycles. The average Bonchev–Trinajstić information content (AvgIpc) is 2.16. The van der Waals surface area contributed by atoms with E-state index in [9.17, 15) is 4.79 Å². The highest BCUT2D eigenvalue weighted by atomic mass is 79.9. The van der Waals surface area contributed by atoms with Crippen LogP contribution < -0.4 is 5.73 Å². The first-order chi connectivity index (χ1) is 6.54. The van der Waals surface area contributed by atoms with Gasteiger partial charge in [-0.05, 0) is 11.6 Å². The summed E-state index contributed by atoms with van der Waals surface area (Å²) in [5.41, 5.74) is 6.46. The van der Waals surface area contributed by atoms with Crippen LogP contribution in [0.2, 0.25) is 0 Å². The molecule has 3 N–H and O–H groups in total. The molecule has 0 bridgehead atoms. The SMILES string of the molecule is CC(c1ccccc1Br)C(N)C(=O)O. The zero-order valence-electron chi connectivity index (χ0n) is 7.77. The predicted octanol–water partition coefficient (Wildman–Crippen LogP) is 1.96. The minimum Gasteiger partial charge on any atom is -0.480 e. The summed E-state index contributed by atoms with van der Waals surface area (Å²) in [6.45, 7) is 1.80. The molecular weight excluding hydrogens is 246 g/mol. The maximum absolute atomic E-state index is 10.7. The van der Waals surface area contributed by atoms with Gasteiger partial charge in [-0.3, -0.25) is 4.79 Å². The van der Waals surface area contributed by atoms with Gasteiger partial charge in [0.1, 0.15) is 6.04 Å². The van der Waals surface area contributed by atoms with Crippen molar-refractivity contribution in [2.75, 3.05) is 0 Å². The van der Waals surface area contributed by atoms with Gasteiger partial charge in [0.25, 0.3) is 0 Å². The molecule has 0 aliphatic rings. The van der Waals surface area contributed by atoms with Crippen molar-refractivity contribution in [3.63, 3.8) is 0 Å². The Bertz CT molecular complexity index is 341. The summed E-state index contributed by atoms with van der Waals surface area (Å²) < 4.78 is 0.893. The Kier molecular flexibility index (Phi) is 3.66. The molecule has 14 heavy (non-hydrogen) atoms. The van der Waals surface area contributed by atoms with Crippen LogP contribution in [-0.4, -0.2) is 17.1 Å². The molecule has 0 spiro atoms. The summed E-state index contributed by atoms with van der Waals surface area (Å²) >= 11 is 3.37. The fourth-order valence-electron chi connectivity index (χ4n) is 1.25. The monoisotopic (exact) mass is 257 g/mol. The van der Waals surface area contributed by atoms with Gasteiger partial charge >= 0.3 is 5.97 Å². The average molecular weight is 258 g/mol. The van der Waals surface area contributed by atoms with Crippen LogP contribution in [0.4, 0.5) is 0 Å². The van der Waals surface area contributed by atoms with Crippen LogP contribution in [-0.2, 0) is 4.79 Å². The third-order valence-corrected chi connectivity index (χ3v) is 2.94. The lowest BCUT2D eigenvalue weighted by Gasteiger charge is -2.17. The van der Waals surface area contributed by atoms with Crippen LogP contribution in [0.5, 0.6) is 0 Å². The Balaban J connectivity index is 2.94. The standard InChI is InChI=1S/C10H12BrNO2/c1-6(9(12)10(13)14)7-4-2-3-5-8(7)11/h2-6,9H,12H2,1H3,(H,13,14). The van der Waals surface area contributed by atoms with Gasteiger partial charge in [-0.1, -0.05) is 41.1 Å². The summed E-state index contributed by atoms with van der Waals surface area (Å²) in [4.78, 5) is 10.7. The van der Waals surface area contributed by atoms with E-state index in [0.29, 0.717) is 0 Å². The second-order valence-corrected chi connectivity index (χ2v) is 4.03. The van der Waals surface area contributed by atoms with Crippen LogP contribution in [0, 0.1) is 0 Å². The molecule has 0 aromatic heterocycles. The zero-order valence-corrected chi connectivity index (χ0v) is 9.36. The van der Waals surface area contributed by atoms with E-state index >= 15 is 0 Å². The van der Waals surface area contributed by atoms with Gasteiger partial charge in [-0.2, -0.15) is 0 Å². The second-order valence-electron chi connectivity index (χ2n) is 3.17. The van der Waals surface area contributed by atoms with E-state index in [1.807, 2.05) is 24.3 Å². The minimum absolute atomic E-state index is 0.205. The first kappa shape index (κ1) is 11.2. The summed E-state index contributed by atoms with van der Waals surface area (Å²) in [5.74, 6) is -1.18. The lowest BCUT2D eigenvalue weighted by atomic mass is 9.94. The first-order valence-corrected chi connectivity index (χ1v) is 5.06. The van der Waals surface area contributed by atoms with Crippen LogP contribution in [0.1, 0.15) is 18.4 Å². The van der Waals surface area contributed by atoms with Crippen molar-refractivity contribution in [3.8, 4) is 0 Å². The first-order valence-electron chi connectivity index (χ1n) is 4.27. The van der Waals surface area contributed by atoms with Crippen molar-refractivity contribution in [2.45, 2.75) is 18.9 Å². The number of halogens is 1. The van der Waals surface area contributed by atoms with Gasteiger partial charge in [0.2, 0.25) is 0 Å². The highest BCUT2D eigenvalue weighted by molar-refractivity contribution is 9.10. The third kappa shape index (κ3) is 2.33. The van der Waals surface area contributed by atoms with Crippen LogP contribution in [0.15, 0.2) is 28.7 Å². The molecule has 2 unspecified atom stereocenters. The normalized spacial score (nSPS) is 14.8. The maximum Gasteiger partial charge on any atom is 0.321 e. The van der Waals surface area contributed by atoms with Crippen molar-refractivity contribution in [2.24, 2.45) is 5.73 Å². The molecule has 0 aliphatic heterocycles. The molecule has 0 radical (unpaired) electrons. The molecule has 3 nitrogen and oxygen atoms in total. The largest absolute Gasteiger partial charge is 0.480 e. The van der Waals surface area contributed by atoms with Gasteiger partial charge in [0, 0.05) is 10.4 Å². The van der Waals surface area contributed by atoms with Crippen LogP contribution in [0.25, 0.3) is 0 Å². The fraction of sp³-hybridized carbons (Fsp3) is 0.300. The number of hydrogen-bond acceptors (Lipinski definition) is 2. The quantitative estimate of drug-likeness (QED) is 0.871. The predicted molar refractivity (Wildman–Crippen MR) is 58.2 cm³/mol. The topological polar surface area (TPSA) is 63.3 Å². The molecule has 1 rings (SSSR count). The van der Waals surface area contributed by atoms with Crippen molar-refractivity contribution < 1.29 is 9.90 Å². The summed E-state index contributed by atoms with van der Waals surface area (Å²) in [6.07, 6.45) is 0. The Morgan fingerprint density at radius 2 is 2.07 bits per heavy atom. The van der Waals surface area contributed by atoms with E-state index in [0.717, 1.165) is 10.0 Å². The number of carbonyl (C=O) groups is 1. The lowest BCUT2D eigenvalue weighted by Crippen LogP contribution is -2.35. The molecule has 0 fully saturated rings. The zero-order chi connectivity index (χ0) is 10.7. The van der Waals surface area contributed by atoms with E-state index < -0.39 is 12.0 Å². The van der Waals surface area contributed by atoms with E-state index in [1.165, 1.54) is 0 Å². The highest BCUT2D eigenvalue weighted by Gasteiger charge is 2.22. The number of hydrogen-bond donors (Lipinski definition) is 2. The van der Waals surface area contributed by atoms with E-state index in [1.54, 1.807) is 6.92 Å². The fourth-order valence-corrected chi connectivity index (χ4v) is 1.90. The highest BCUT2D eigenvalue weighted by Crippen LogP contribution is 2.26. The maximum atomic E-state index is 10.7. The second kappa shape index (κ2) is 4.57. The molecule has 0 heterocycles. The molecule has 1 aromatic rings. The Morgan fingerprint density at radius 1 is 1.50 bits per heavy atom. The number of carboxylic acids is 1. The number of aliphatic carboxylic acids is 1. The number of benzene rings is 1. The van der Waals surface area contributed by atoms with Crippen molar-refractivity contribution in [1.29, 1.82) is 0 Å². The van der Waals surface area contributed by atoms with Gasteiger partial charge in [-0.15, -0.1) is 0 Å². The van der Waals surface area contributed by atoms with E-state index in [-0.39, 0.29) is 5.92 Å². The van der Waals surface area contributed by atoms with Gasteiger partial charge in [0.05, 0.1) is 0 Å². The van der Waals surface area contributed by atoms with Gasteiger partial charge in [-0.25, -0.2) is 0 Å². The summed E-state index contributed by atoms with van der Waals surface area (Å²) in [5, 5.41) is 8.76. The Hall–Kier alpha value is -0.870. The van der Waals surface area contributed by atoms with Crippen molar-refractivity contribution >= 4 is 21.9 Å². The minimum atomic E-state index is -0.978. The molecule has 0 aliphatic carbocycles. The lowest BCUT2D eigenvalue weighted by molar-refractivity contribution is -0.139. The van der Waals surface area contributed by atoms with Gasteiger partial charge in [0.15, 0.2) is 0 Å². The summed E-state index contributed by atoms with van der Waals surface area (Å²) in [7, 11) is 0. The molecule has 1 aromatic carbocycles. The molecule has 2 atom stereocenters. The van der Waals surface area contributed by atoms with E-state index in [2.05, 4.69) is 15.9 Å². The molecule has 76 valence electrons. The number of rotatable bonds is 3. The van der Waals surface area contributed by atoms with Crippen LogP contribution >= 0.6 is 15.9 Å². The third-order valence-electron chi connectivity index (χ3n) is 2.22.